The van der Waals surface area contributed by atoms with E-state index >= 15 is 0 Å². The number of hydrogen-bond donors (Lipinski definition) is 0. The highest BCUT2D eigenvalue weighted by molar-refractivity contribution is 9.10. The Hall–Kier alpha value is -0.960. The SMILES string of the molecule is Cc1cc2cnncc2cc1Br. The number of aromatic nitrogens is 2. The molecule has 0 saturated carbocycles. The lowest BCUT2D eigenvalue weighted by Crippen LogP contribution is -1.82. The van der Waals surface area contributed by atoms with Crippen LogP contribution in [-0.2, 0) is 0 Å². The Balaban J connectivity index is 2.84. The van der Waals surface area contributed by atoms with Crippen LogP contribution in [-0.4, -0.2) is 10.2 Å². The minimum Gasteiger partial charge on any atom is -0.158 e. The first-order valence-electron chi connectivity index (χ1n) is 3.64. The van der Waals surface area contributed by atoms with Crippen LogP contribution in [0.5, 0.6) is 0 Å². The molecule has 0 fully saturated rings. The smallest absolute Gasteiger partial charge is 0.0575 e. The molecule has 2 nitrogen and oxygen atoms in total. The molecule has 12 heavy (non-hydrogen) atoms. The van der Waals surface area contributed by atoms with Crippen LogP contribution in [0.4, 0.5) is 0 Å². The van der Waals surface area contributed by atoms with Gasteiger partial charge >= 0.3 is 0 Å². The molecule has 2 aromatic rings. The highest BCUT2D eigenvalue weighted by Crippen LogP contribution is 2.22. The summed E-state index contributed by atoms with van der Waals surface area (Å²) in [5, 5.41) is 9.87. The highest BCUT2D eigenvalue weighted by Gasteiger charge is 1.97. The Morgan fingerprint density at radius 3 is 2.33 bits per heavy atom. The molecule has 1 aromatic carbocycles. The van der Waals surface area contributed by atoms with E-state index in [0.29, 0.717) is 0 Å². The number of hydrogen-bond acceptors (Lipinski definition) is 2. The maximum Gasteiger partial charge on any atom is 0.0575 e. The van der Waals surface area contributed by atoms with E-state index in [9.17, 15) is 0 Å². The third-order valence-electron chi connectivity index (χ3n) is 1.82. The van der Waals surface area contributed by atoms with Gasteiger partial charge in [0.25, 0.3) is 0 Å². The normalized spacial score (nSPS) is 10.5. The van der Waals surface area contributed by atoms with Gasteiger partial charge in [0, 0.05) is 15.2 Å². The van der Waals surface area contributed by atoms with Gasteiger partial charge in [-0.15, -0.1) is 0 Å². The van der Waals surface area contributed by atoms with Crippen molar-refractivity contribution in [1.82, 2.24) is 10.2 Å². The summed E-state index contributed by atoms with van der Waals surface area (Å²) in [6.45, 7) is 2.06. The van der Waals surface area contributed by atoms with Crippen molar-refractivity contribution < 1.29 is 0 Å². The average molecular weight is 223 g/mol. The van der Waals surface area contributed by atoms with Crippen LogP contribution >= 0.6 is 15.9 Å². The molecule has 0 saturated heterocycles. The van der Waals surface area contributed by atoms with E-state index in [4.69, 9.17) is 0 Å². The lowest BCUT2D eigenvalue weighted by molar-refractivity contribution is 1.05. The molecule has 0 aliphatic rings. The molecule has 3 heteroatoms. The van der Waals surface area contributed by atoms with Crippen molar-refractivity contribution in [3.05, 3.63) is 34.6 Å². The van der Waals surface area contributed by atoms with Crippen LogP contribution in [0.25, 0.3) is 10.8 Å². The minimum absolute atomic E-state index is 1.11. The second-order valence-corrected chi connectivity index (χ2v) is 3.57. The molecular weight excluding hydrogens is 216 g/mol. The van der Waals surface area contributed by atoms with Crippen molar-refractivity contribution >= 4 is 26.7 Å². The van der Waals surface area contributed by atoms with Crippen molar-refractivity contribution in [2.45, 2.75) is 6.92 Å². The van der Waals surface area contributed by atoms with E-state index in [1.165, 1.54) is 5.56 Å². The van der Waals surface area contributed by atoms with Gasteiger partial charge in [0.2, 0.25) is 0 Å². The quantitative estimate of drug-likeness (QED) is 0.686. The molecule has 0 atom stereocenters. The van der Waals surface area contributed by atoms with Crippen molar-refractivity contribution in [2.75, 3.05) is 0 Å². The van der Waals surface area contributed by atoms with Gasteiger partial charge in [-0.2, -0.15) is 10.2 Å². The lowest BCUT2D eigenvalue weighted by Gasteiger charge is -1.99. The van der Waals surface area contributed by atoms with Gasteiger partial charge in [-0.1, -0.05) is 15.9 Å². The van der Waals surface area contributed by atoms with Gasteiger partial charge in [-0.3, -0.25) is 0 Å². The zero-order chi connectivity index (χ0) is 8.55. The van der Waals surface area contributed by atoms with Crippen LogP contribution in [0.15, 0.2) is 29.0 Å². The van der Waals surface area contributed by atoms with Crippen molar-refractivity contribution in [2.24, 2.45) is 0 Å². The number of nitrogens with zero attached hydrogens (tertiary/aromatic N) is 2. The number of rotatable bonds is 0. The van der Waals surface area contributed by atoms with Gasteiger partial charge in [-0.25, -0.2) is 0 Å². The molecule has 0 amide bonds. The third-order valence-corrected chi connectivity index (χ3v) is 2.68. The molecule has 0 radical (unpaired) electrons. The number of aryl methyl sites for hydroxylation is 1. The number of halogens is 1. The summed E-state index contributed by atoms with van der Waals surface area (Å²) in [5.74, 6) is 0. The van der Waals surface area contributed by atoms with Gasteiger partial charge in [0.05, 0.1) is 12.4 Å². The summed E-state index contributed by atoms with van der Waals surface area (Å²) in [7, 11) is 0. The van der Waals surface area contributed by atoms with E-state index in [1.54, 1.807) is 12.4 Å². The summed E-state index contributed by atoms with van der Waals surface area (Å²) < 4.78 is 1.11. The summed E-state index contributed by atoms with van der Waals surface area (Å²) in [6, 6.07) is 4.15. The van der Waals surface area contributed by atoms with Crippen LogP contribution in [0.2, 0.25) is 0 Å². The minimum atomic E-state index is 1.11. The van der Waals surface area contributed by atoms with Crippen LogP contribution in [0.1, 0.15) is 5.56 Å². The number of benzene rings is 1. The van der Waals surface area contributed by atoms with E-state index in [2.05, 4.69) is 45.2 Å². The molecule has 0 N–H and O–H groups in total. The predicted molar refractivity (Wildman–Crippen MR) is 52.0 cm³/mol. The van der Waals surface area contributed by atoms with Gasteiger partial charge in [-0.05, 0) is 24.6 Å². The van der Waals surface area contributed by atoms with E-state index in [-0.39, 0.29) is 0 Å². The first-order chi connectivity index (χ1) is 5.77. The zero-order valence-corrected chi connectivity index (χ0v) is 8.17. The zero-order valence-electron chi connectivity index (χ0n) is 6.58. The lowest BCUT2D eigenvalue weighted by atomic mass is 10.1. The second kappa shape index (κ2) is 2.83. The first-order valence-corrected chi connectivity index (χ1v) is 4.43. The highest BCUT2D eigenvalue weighted by atomic mass is 79.9. The predicted octanol–water partition coefficient (Wildman–Crippen LogP) is 2.70. The summed E-state index contributed by atoms with van der Waals surface area (Å²) in [4.78, 5) is 0. The van der Waals surface area contributed by atoms with Crippen molar-refractivity contribution in [3.63, 3.8) is 0 Å². The Morgan fingerprint density at radius 2 is 1.67 bits per heavy atom. The van der Waals surface area contributed by atoms with E-state index in [0.717, 1.165) is 15.2 Å². The molecular formula is C9H7BrN2. The fourth-order valence-electron chi connectivity index (χ4n) is 1.13. The summed E-state index contributed by atoms with van der Waals surface area (Å²) >= 11 is 3.47. The molecule has 0 aliphatic heterocycles. The van der Waals surface area contributed by atoms with Crippen molar-refractivity contribution in [1.29, 1.82) is 0 Å². The fraction of sp³-hybridized carbons (Fsp3) is 0.111. The first kappa shape index (κ1) is 7.68. The van der Waals surface area contributed by atoms with Crippen molar-refractivity contribution in [3.8, 4) is 0 Å². The maximum atomic E-state index is 3.82. The number of fused-ring (bicyclic) bond motifs is 1. The average Bonchev–Trinajstić information content (AvgIpc) is 2.07. The maximum absolute atomic E-state index is 3.82. The molecule has 0 bridgehead atoms. The molecule has 0 aliphatic carbocycles. The molecule has 1 heterocycles. The Bertz CT molecular complexity index is 385. The molecule has 1 aromatic heterocycles. The summed E-state index contributed by atoms with van der Waals surface area (Å²) in [5.41, 5.74) is 1.22. The van der Waals surface area contributed by atoms with Gasteiger partial charge in [0.1, 0.15) is 0 Å². The van der Waals surface area contributed by atoms with Gasteiger partial charge < -0.3 is 0 Å². The van der Waals surface area contributed by atoms with E-state index < -0.39 is 0 Å². The Kier molecular flexibility index (Phi) is 1.81. The molecule has 0 spiro atoms. The largest absolute Gasteiger partial charge is 0.158 e. The Morgan fingerprint density at radius 1 is 1.08 bits per heavy atom. The monoisotopic (exact) mass is 222 g/mol. The molecule has 60 valence electrons. The van der Waals surface area contributed by atoms with Crippen LogP contribution in [0.3, 0.4) is 0 Å². The standard InChI is InChI=1S/C9H7BrN2/c1-6-2-7-4-11-12-5-8(7)3-9(6)10/h2-5H,1H3. The fourth-order valence-corrected chi connectivity index (χ4v) is 1.49. The molecule has 0 unspecified atom stereocenters. The van der Waals surface area contributed by atoms with Crippen LogP contribution in [0, 0.1) is 6.92 Å². The third kappa shape index (κ3) is 1.20. The summed E-state index contributed by atoms with van der Waals surface area (Å²) in [6.07, 6.45) is 3.54. The van der Waals surface area contributed by atoms with Gasteiger partial charge in [0.15, 0.2) is 0 Å². The Labute approximate surface area is 78.8 Å². The van der Waals surface area contributed by atoms with E-state index in [1.807, 2.05) is 0 Å². The second-order valence-electron chi connectivity index (χ2n) is 2.72. The topological polar surface area (TPSA) is 25.8 Å². The van der Waals surface area contributed by atoms with Crippen LogP contribution < -0.4 is 0 Å². The molecule has 2 rings (SSSR count).